The van der Waals surface area contributed by atoms with E-state index in [9.17, 15) is 28.4 Å². The van der Waals surface area contributed by atoms with E-state index in [2.05, 4.69) is 39.0 Å². The van der Waals surface area contributed by atoms with Gasteiger partial charge in [0.05, 0.1) is 15.4 Å². The Labute approximate surface area is 259 Å². The van der Waals surface area contributed by atoms with Gasteiger partial charge in [0.1, 0.15) is 5.69 Å². The molecule has 4 rings (SSSR count). The summed E-state index contributed by atoms with van der Waals surface area (Å²) >= 11 is 5.88. The van der Waals surface area contributed by atoms with Gasteiger partial charge in [0.2, 0.25) is 10.0 Å². The van der Waals surface area contributed by atoms with Gasteiger partial charge in [-0.05, 0) is 73.9 Å². The second-order valence-electron chi connectivity index (χ2n) is 9.69. The molecule has 0 bridgehead atoms. The first-order valence-electron chi connectivity index (χ1n) is 13.8. The Morgan fingerprint density at radius 3 is 2.41 bits per heavy atom. The molecule has 3 N–H and O–H groups in total. The fourth-order valence-corrected chi connectivity index (χ4v) is 5.71. The van der Waals surface area contributed by atoms with Crippen LogP contribution in [0.4, 0.5) is 22.7 Å². The lowest BCUT2D eigenvalue weighted by Crippen LogP contribution is -2.30. The van der Waals surface area contributed by atoms with E-state index in [1.165, 1.54) is 42.5 Å². The molecule has 0 fully saturated rings. The number of rotatable bonds is 13. The predicted molar refractivity (Wildman–Crippen MR) is 170 cm³/mol. The minimum atomic E-state index is -3.74. The molecule has 0 aliphatic carbocycles. The Balaban J connectivity index is 1.55. The van der Waals surface area contributed by atoms with Crippen molar-refractivity contribution in [2.75, 3.05) is 31.5 Å². The number of carbonyl (C=O) groups is 1. The summed E-state index contributed by atoms with van der Waals surface area (Å²) in [5, 5.41) is 34.4. The van der Waals surface area contributed by atoms with Crippen LogP contribution in [0.1, 0.15) is 30.6 Å². The molecule has 0 unspecified atom stereocenters. The van der Waals surface area contributed by atoms with E-state index in [0.717, 1.165) is 25.7 Å². The van der Waals surface area contributed by atoms with Crippen molar-refractivity contribution >= 4 is 61.1 Å². The molecule has 0 aliphatic heterocycles. The van der Waals surface area contributed by atoms with Gasteiger partial charge >= 0.3 is 0 Å². The Hall–Kier alpha value is -4.43. The number of nitrogens with one attached hydrogen (secondary N) is 2. The molecule has 0 aromatic heterocycles. The lowest BCUT2D eigenvalue weighted by atomic mass is 10.0. The molecule has 4 aromatic carbocycles. The van der Waals surface area contributed by atoms with Crippen LogP contribution < -0.4 is 10.0 Å². The highest BCUT2D eigenvalue weighted by atomic mass is 35.5. The third-order valence-corrected chi connectivity index (χ3v) is 8.60. The molecule has 230 valence electrons. The molecular formula is C30H31ClN6O6S. The zero-order valence-electron chi connectivity index (χ0n) is 24.0. The minimum absolute atomic E-state index is 0.0471. The lowest BCUT2D eigenvalue weighted by molar-refractivity contribution is -0.384. The zero-order valence-corrected chi connectivity index (χ0v) is 25.6. The number of nitro benzene ring substituents is 1. The van der Waals surface area contributed by atoms with Gasteiger partial charge in [-0.3, -0.25) is 14.9 Å². The van der Waals surface area contributed by atoms with E-state index in [1.54, 1.807) is 24.3 Å². The molecule has 0 aliphatic rings. The smallest absolute Gasteiger partial charge is 0.298 e. The summed E-state index contributed by atoms with van der Waals surface area (Å²) in [5.41, 5.74) is -0.366. The summed E-state index contributed by atoms with van der Waals surface area (Å²) in [7, 11) is -3.74. The number of halogens is 1. The molecule has 0 spiro atoms. The number of carbonyl (C=O) groups excluding carboxylic acids is 1. The average Bonchev–Trinajstić information content (AvgIpc) is 3.01. The fraction of sp³-hybridized carbons (Fsp3) is 0.233. The second kappa shape index (κ2) is 14.4. The summed E-state index contributed by atoms with van der Waals surface area (Å²) in [6, 6.07) is 17.8. The SMILES string of the molecule is CCN(CC)CCCNS(=O)(=O)c1ccc(NC(=O)c2cc3ccccc3c(N=Nc3ccc(Cl)cc3[N+](=O)[O-])c2O)cc1. The van der Waals surface area contributed by atoms with E-state index in [1.807, 2.05) is 0 Å². The summed E-state index contributed by atoms with van der Waals surface area (Å²) in [6.07, 6.45) is 0.669. The summed E-state index contributed by atoms with van der Waals surface area (Å²) in [4.78, 5) is 26.3. The first-order chi connectivity index (χ1) is 21.0. The van der Waals surface area contributed by atoms with Crippen LogP contribution in [0, 0.1) is 10.1 Å². The minimum Gasteiger partial charge on any atom is -0.505 e. The molecule has 0 atom stereocenters. The monoisotopic (exact) mass is 638 g/mol. The van der Waals surface area contributed by atoms with Gasteiger partial charge in [-0.25, -0.2) is 13.1 Å². The van der Waals surface area contributed by atoms with Gasteiger partial charge in [0.25, 0.3) is 11.6 Å². The highest BCUT2D eigenvalue weighted by Crippen LogP contribution is 2.40. The van der Waals surface area contributed by atoms with E-state index >= 15 is 0 Å². The Kier molecular flexibility index (Phi) is 10.6. The standard InChI is InChI=1S/C30H31ClN6O6S/c1-3-36(4-2)17-7-16-32-44(42,43)23-13-11-22(12-14-23)33-30(39)25-18-20-8-5-6-9-24(20)28(29(25)38)35-34-26-15-10-21(31)19-27(26)37(40)41/h5-6,8-15,18-19,32,38H,3-4,7,16-17H2,1-2H3,(H,33,39). The number of fused-ring (bicyclic) bond motifs is 1. The van der Waals surface area contributed by atoms with Gasteiger partial charge < -0.3 is 15.3 Å². The zero-order chi connectivity index (χ0) is 31.9. The number of benzene rings is 4. The summed E-state index contributed by atoms with van der Waals surface area (Å²) in [5.74, 6) is -1.18. The summed E-state index contributed by atoms with van der Waals surface area (Å²) < 4.78 is 28.0. The van der Waals surface area contributed by atoms with Crippen LogP contribution in [-0.4, -0.2) is 55.4 Å². The van der Waals surface area contributed by atoms with Crippen LogP contribution in [0.2, 0.25) is 5.02 Å². The topological polar surface area (TPSA) is 167 Å². The van der Waals surface area contributed by atoms with Crippen molar-refractivity contribution in [2.45, 2.75) is 25.2 Å². The van der Waals surface area contributed by atoms with Crippen LogP contribution in [-0.2, 0) is 10.0 Å². The van der Waals surface area contributed by atoms with Crippen molar-refractivity contribution in [1.82, 2.24) is 9.62 Å². The lowest BCUT2D eigenvalue weighted by Gasteiger charge is -2.17. The molecule has 4 aromatic rings. The molecule has 1 amide bonds. The van der Waals surface area contributed by atoms with Gasteiger partial charge in [-0.1, -0.05) is 49.7 Å². The number of aromatic hydroxyl groups is 1. The van der Waals surface area contributed by atoms with Crippen molar-refractivity contribution in [1.29, 1.82) is 0 Å². The van der Waals surface area contributed by atoms with Crippen LogP contribution in [0.25, 0.3) is 10.8 Å². The number of sulfonamides is 1. The maximum Gasteiger partial charge on any atom is 0.298 e. The largest absolute Gasteiger partial charge is 0.505 e. The molecule has 0 saturated heterocycles. The molecule has 0 saturated carbocycles. The van der Waals surface area contributed by atoms with Crippen LogP contribution >= 0.6 is 11.6 Å². The summed E-state index contributed by atoms with van der Waals surface area (Å²) in [6.45, 7) is 6.98. The molecule has 44 heavy (non-hydrogen) atoms. The Morgan fingerprint density at radius 2 is 1.73 bits per heavy atom. The van der Waals surface area contributed by atoms with E-state index in [0.29, 0.717) is 29.4 Å². The molecule has 0 radical (unpaired) electrons. The van der Waals surface area contributed by atoms with Crippen LogP contribution in [0.5, 0.6) is 5.75 Å². The maximum atomic E-state index is 13.3. The number of amides is 1. The molecule has 0 heterocycles. The number of azo groups is 1. The van der Waals surface area contributed by atoms with Crippen molar-refractivity contribution in [2.24, 2.45) is 10.2 Å². The van der Waals surface area contributed by atoms with Gasteiger partial charge in [0.15, 0.2) is 11.4 Å². The van der Waals surface area contributed by atoms with E-state index in [-0.39, 0.29) is 32.5 Å². The number of hydrogen-bond donors (Lipinski definition) is 3. The molecular weight excluding hydrogens is 608 g/mol. The number of phenols is 1. The average molecular weight is 639 g/mol. The number of phenolic OH excluding ortho intramolecular Hbond substituents is 1. The first-order valence-corrected chi connectivity index (χ1v) is 15.6. The van der Waals surface area contributed by atoms with Crippen molar-refractivity contribution in [3.05, 3.63) is 93.5 Å². The van der Waals surface area contributed by atoms with Crippen molar-refractivity contribution in [3.8, 4) is 5.75 Å². The van der Waals surface area contributed by atoms with Gasteiger partial charge in [0, 0.05) is 28.7 Å². The number of anilines is 1. The van der Waals surface area contributed by atoms with Crippen molar-refractivity contribution < 1.29 is 23.2 Å². The normalized spacial score (nSPS) is 11.8. The molecule has 12 nitrogen and oxygen atoms in total. The van der Waals surface area contributed by atoms with Crippen LogP contribution in [0.15, 0.2) is 87.9 Å². The third kappa shape index (κ3) is 7.74. The second-order valence-corrected chi connectivity index (χ2v) is 11.9. The fourth-order valence-electron chi connectivity index (χ4n) is 4.47. The predicted octanol–water partition coefficient (Wildman–Crippen LogP) is 6.78. The number of hydrogen-bond acceptors (Lipinski definition) is 9. The number of nitro groups is 1. The highest BCUT2D eigenvalue weighted by molar-refractivity contribution is 7.89. The first kappa shape index (κ1) is 32.5. The van der Waals surface area contributed by atoms with Gasteiger partial charge in [-0.15, -0.1) is 10.2 Å². The van der Waals surface area contributed by atoms with Crippen molar-refractivity contribution in [3.63, 3.8) is 0 Å². The Morgan fingerprint density at radius 1 is 1.02 bits per heavy atom. The molecule has 14 heteroatoms. The van der Waals surface area contributed by atoms with E-state index < -0.39 is 26.6 Å². The van der Waals surface area contributed by atoms with Gasteiger partial charge in [-0.2, -0.15) is 0 Å². The maximum absolute atomic E-state index is 13.3. The van der Waals surface area contributed by atoms with Crippen LogP contribution in [0.3, 0.4) is 0 Å². The quantitative estimate of drug-likeness (QED) is 0.0627. The number of nitrogens with zero attached hydrogens (tertiary/aromatic N) is 4. The third-order valence-electron chi connectivity index (χ3n) is 6.89. The highest BCUT2D eigenvalue weighted by Gasteiger charge is 2.20. The van der Waals surface area contributed by atoms with E-state index in [4.69, 9.17) is 11.6 Å². The Bertz CT molecular complexity index is 1810.